The lowest BCUT2D eigenvalue weighted by atomic mass is 10.2. The summed E-state index contributed by atoms with van der Waals surface area (Å²) in [6, 6.07) is 0.820. The minimum atomic E-state index is -5.23. The molecule has 0 rings (SSSR count). The molecule has 0 spiro atoms. The Balaban J connectivity index is 4.80. The molecular formula is C5H4F3N3O5. The number of amides is 1. The molecule has 0 aliphatic carbocycles. The third-order valence-corrected chi connectivity index (χ3v) is 1.27. The summed E-state index contributed by atoms with van der Waals surface area (Å²) >= 11 is 0. The van der Waals surface area contributed by atoms with Crippen molar-refractivity contribution in [3.63, 3.8) is 0 Å². The third-order valence-electron chi connectivity index (χ3n) is 1.27. The Labute approximate surface area is 85.6 Å². The van der Waals surface area contributed by atoms with Crippen molar-refractivity contribution >= 4 is 5.91 Å². The quantitative estimate of drug-likeness (QED) is 0.411. The molecule has 0 aromatic heterocycles. The fourth-order valence-electron chi connectivity index (χ4n) is 0.561. The first-order valence-electron chi connectivity index (χ1n) is 3.35. The van der Waals surface area contributed by atoms with Gasteiger partial charge in [0.25, 0.3) is 0 Å². The van der Waals surface area contributed by atoms with Crippen molar-refractivity contribution in [1.29, 1.82) is 5.26 Å². The van der Waals surface area contributed by atoms with Crippen LogP contribution in [0, 0.1) is 21.4 Å². The Hall–Kier alpha value is -1.93. The number of carbonyl (C=O) groups is 1. The predicted molar refractivity (Wildman–Crippen MR) is 37.6 cm³/mol. The van der Waals surface area contributed by atoms with Gasteiger partial charge in [0.2, 0.25) is 0 Å². The van der Waals surface area contributed by atoms with Crippen LogP contribution < -0.4 is 5.48 Å². The molecule has 0 aliphatic rings. The zero-order valence-electron chi connectivity index (χ0n) is 7.57. The number of alkyl halides is 3. The maximum absolute atomic E-state index is 11.5. The minimum absolute atomic E-state index is 0.610. The highest BCUT2D eigenvalue weighted by molar-refractivity contribution is 5.85. The molecule has 90 valence electrons. The number of rotatable bonds is 4. The van der Waals surface area contributed by atoms with Crippen LogP contribution in [0.25, 0.3) is 0 Å². The standard InChI is InChI=1S/C5H4F3N3O5/c1-15-4(2-9,11(13)14)3(12)10-16-5(6,7)8/h1H3,(H,10,12). The van der Waals surface area contributed by atoms with Gasteiger partial charge < -0.3 is 0 Å². The lowest BCUT2D eigenvalue weighted by Gasteiger charge is -2.15. The van der Waals surface area contributed by atoms with Crippen molar-refractivity contribution in [2.75, 3.05) is 7.11 Å². The number of carbonyl (C=O) groups excluding carboxylic acids is 1. The summed E-state index contributed by atoms with van der Waals surface area (Å²) in [6.07, 6.45) is -5.23. The summed E-state index contributed by atoms with van der Waals surface area (Å²) < 4.78 is 38.4. The fraction of sp³-hybridized carbons (Fsp3) is 0.600. The van der Waals surface area contributed by atoms with Gasteiger partial charge in [0, 0.05) is 7.11 Å². The normalized spacial score (nSPS) is 14.7. The molecule has 11 heteroatoms. The SMILES string of the molecule is COC(C#N)(C(=O)NOC(F)(F)F)[N+](=O)[O-]. The van der Waals surface area contributed by atoms with Crippen LogP contribution in [0.1, 0.15) is 0 Å². The van der Waals surface area contributed by atoms with Gasteiger partial charge in [-0.3, -0.25) is 19.6 Å². The van der Waals surface area contributed by atoms with E-state index in [-0.39, 0.29) is 0 Å². The van der Waals surface area contributed by atoms with Crippen molar-refractivity contribution in [2.45, 2.75) is 12.1 Å². The lowest BCUT2D eigenvalue weighted by Crippen LogP contribution is -2.53. The Kier molecular flexibility index (Phi) is 4.16. The van der Waals surface area contributed by atoms with E-state index in [9.17, 15) is 28.1 Å². The number of methoxy groups -OCH3 is 1. The summed E-state index contributed by atoms with van der Waals surface area (Å²) in [5.74, 6) is -2.00. The first-order valence-corrected chi connectivity index (χ1v) is 3.35. The number of nitriles is 1. The van der Waals surface area contributed by atoms with E-state index in [4.69, 9.17) is 5.26 Å². The molecule has 0 radical (unpaired) electrons. The Morgan fingerprint density at radius 3 is 2.31 bits per heavy atom. The van der Waals surface area contributed by atoms with Crippen molar-refractivity contribution in [2.24, 2.45) is 0 Å². The Bertz CT molecular complexity index is 337. The van der Waals surface area contributed by atoms with Crippen LogP contribution >= 0.6 is 0 Å². The molecule has 1 amide bonds. The number of hydrogen-bond acceptors (Lipinski definition) is 6. The summed E-state index contributed by atoms with van der Waals surface area (Å²) in [5.41, 5.74) is -2.59. The zero-order chi connectivity index (χ0) is 13.0. The predicted octanol–water partition coefficient (Wildman–Crippen LogP) is -0.303. The van der Waals surface area contributed by atoms with E-state index in [1.54, 1.807) is 0 Å². The van der Waals surface area contributed by atoms with E-state index >= 15 is 0 Å². The molecule has 0 bridgehead atoms. The van der Waals surface area contributed by atoms with Gasteiger partial charge in [0.05, 0.1) is 4.92 Å². The van der Waals surface area contributed by atoms with E-state index in [1.807, 2.05) is 0 Å². The second-order valence-corrected chi connectivity index (χ2v) is 2.20. The smallest absolute Gasteiger partial charge is 0.298 e. The molecule has 0 saturated carbocycles. The van der Waals surface area contributed by atoms with Gasteiger partial charge in [-0.05, 0) is 0 Å². The third kappa shape index (κ3) is 3.04. The van der Waals surface area contributed by atoms with Gasteiger partial charge in [0.15, 0.2) is 6.07 Å². The van der Waals surface area contributed by atoms with Gasteiger partial charge in [-0.15, -0.1) is 13.2 Å². The molecule has 0 aromatic carbocycles. The number of ether oxygens (including phenoxy) is 1. The van der Waals surface area contributed by atoms with Gasteiger partial charge in [-0.2, -0.15) is 10.1 Å². The summed E-state index contributed by atoms with van der Waals surface area (Å²) in [4.78, 5) is 22.5. The van der Waals surface area contributed by atoms with Crippen LogP contribution in [0.4, 0.5) is 13.2 Å². The molecule has 1 N–H and O–H groups in total. The molecule has 0 heterocycles. The number of nitro groups is 1. The van der Waals surface area contributed by atoms with E-state index in [0.717, 1.165) is 6.07 Å². The van der Waals surface area contributed by atoms with Crippen LogP contribution in [0.3, 0.4) is 0 Å². The minimum Gasteiger partial charge on any atom is -0.298 e. The number of nitrogens with zero attached hydrogens (tertiary/aromatic N) is 2. The monoisotopic (exact) mass is 243 g/mol. The van der Waals surface area contributed by atoms with E-state index < -0.39 is 22.9 Å². The molecule has 0 aromatic rings. The van der Waals surface area contributed by atoms with Crippen molar-refractivity contribution in [3.8, 4) is 6.07 Å². The molecule has 1 atom stereocenters. The molecule has 1 unspecified atom stereocenters. The molecule has 8 nitrogen and oxygen atoms in total. The summed E-state index contributed by atoms with van der Waals surface area (Å²) in [5, 5.41) is 18.6. The van der Waals surface area contributed by atoms with Crippen LogP contribution in [-0.2, 0) is 14.4 Å². The van der Waals surface area contributed by atoms with Crippen LogP contribution in [-0.4, -0.2) is 30.0 Å². The van der Waals surface area contributed by atoms with Crippen molar-refractivity contribution in [3.05, 3.63) is 10.1 Å². The van der Waals surface area contributed by atoms with Crippen LogP contribution in [0.5, 0.6) is 0 Å². The Morgan fingerprint density at radius 2 is 2.06 bits per heavy atom. The molecule has 0 aliphatic heterocycles. The molecule has 0 saturated heterocycles. The first kappa shape index (κ1) is 14.1. The Morgan fingerprint density at radius 1 is 1.56 bits per heavy atom. The maximum atomic E-state index is 11.5. The van der Waals surface area contributed by atoms with Crippen LogP contribution in [0.15, 0.2) is 0 Å². The zero-order valence-corrected chi connectivity index (χ0v) is 7.57. The van der Waals surface area contributed by atoms with E-state index in [0.29, 0.717) is 12.6 Å². The number of halogens is 3. The number of hydrogen-bond donors (Lipinski definition) is 1. The fourth-order valence-corrected chi connectivity index (χ4v) is 0.561. The number of hydroxylamine groups is 1. The number of nitrogens with one attached hydrogen (secondary N) is 1. The first-order chi connectivity index (χ1) is 7.19. The van der Waals surface area contributed by atoms with Crippen LogP contribution in [0.2, 0.25) is 0 Å². The highest BCUT2D eigenvalue weighted by atomic mass is 19.4. The maximum Gasteiger partial charge on any atom is 0.543 e. The average Bonchev–Trinajstić information content (AvgIpc) is 2.16. The molecule has 0 fully saturated rings. The van der Waals surface area contributed by atoms with E-state index in [2.05, 4.69) is 9.57 Å². The lowest BCUT2D eigenvalue weighted by molar-refractivity contribution is -0.589. The van der Waals surface area contributed by atoms with E-state index in [1.165, 1.54) is 0 Å². The molecular weight excluding hydrogens is 239 g/mol. The largest absolute Gasteiger partial charge is 0.543 e. The second kappa shape index (κ2) is 4.73. The van der Waals surface area contributed by atoms with Crippen molar-refractivity contribution in [1.82, 2.24) is 5.48 Å². The van der Waals surface area contributed by atoms with Gasteiger partial charge in [-0.25, -0.2) is 5.48 Å². The molecule has 16 heavy (non-hydrogen) atoms. The van der Waals surface area contributed by atoms with Gasteiger partial charge in [0.1, 0.15) is 0 Å². The highest BCUT2D eigenvalue weighted by Gasteiger charge is 2.54. The topological polar surface area (TPSA) is 114 Å². The van der Waals surface area contributed by atoms with Gasteiger partial charge in [-0.1, -0.05) is 0 Å². The summed E-state index contributed by atoms with van der Waals surface area (Å²) in [6.45, 7) is 0. The average molecular weight is 243 g/mol. The highest BCUT2D eigenvalue weighted by Crippen LogP contribution is 2.16. The second-order valence-electron chi connectivity index (χ2n) is 2.20. The van der Waals surface area contributed by atoms with Gasteiger partial charge >= 0.3 is 18.0 Å². The summed E-state index contributed by atoms with van der Waals surface area (Å²) in [7, 11) is 0.610. The van der Waals surface area contributed by atoms with Crippen molar-refractivity contribution < 1.29 is 32.5 Å².